The van der Waals surface area contributed by atoms with E-state index in [2.05, 4.69) is 15.1 Å². The number of ether oxygens (including phenoxy) is 1. The molecule has 3 aromatic rings. The van der Waals surface area contributed by atoms with Crippen molar-refractivity contribution in [1.29, 1.82) is 0 Å². The van der Waals surface area contributed by atoms with E-state index < -0.39 is 12.0 Å². The molecule has 10 nitrogen and oxygen atoms in total. The molecule has 0 atom stereocenters. The van der Waals surface area contributed by atoms with Crippen molar-refractivity contribution in [3.8, 4) is 6.01 Å². The predicted octanol–water partition coefficient (Wildman–Crippen LogP) is 1.40. The fourth-order valence-corrected chi connectivity index (χ4v) is 3.55. The normalized spacial score (nSPS) is 15.4. The number of benzene rings is 1. The molecule has 3 heterocycles. The molecule has 1 aliphatic rings. The summed E-state index contributed by atoms with van der Waals surface area (Å²) in [5.41, 5.74) is 6.99. The number of primary amides is 1. The number of hydrogen-bond acceptors (Lipinski definition) is 6. The van der Waals surface area contributed by atoms with E-state index in [-0.39, 0.29) is 17.7 Å². The Labute approximate surface area is 153 Å². The third-order valence-corrected chi connectivity index (χ3v) is 4.89. The molecule has 1 saturated heterocycles. The van der Waals surface area contributed by atoms with Crippen molar-refractivity contribution in [1.82, 2.24) is 24.6 Å². The standard InChI is InChI=1S/C17H18N6O4/c1-27-16-19-8-9-2-3-11-13(15(18)24)21-23(14(11)12(9)20-16)10-4-6-22(7-5-10)17(25)26/h2-3,8,10H,4-7H2,1H3,(H2,18,24)(H,25,26). The van der Waals surface area contributed by atoms with Crippen LogP contribution in [0.5, 0.6) is 6.01 Å². The van der Waals surface area contributed by atoms with Gasteiger partial charge in [0.2, 0.25) is 0 Å². The number of nitrogens with two attached hydrogens (primary N) is 1. The van der Waals surface area contributed by atoms with Crippen LogP contribution in [0.25, 0.3) is 21.8 Å². The second-order valence-electron chi connectivity index (χ2n) is 6.41. The molecule has 10 heteroatoms. The van der Waals surface area contributed by atoms with Crippen LogP contribution in [-0.4, -0.2) is 62.0 Å². The van der Waals surface area contributed by atoms with Crippen LogP contribution in [0.2, 0.25) is 0 Å². The van der Waals surface area contributed by atoms with E-state index in [9.17, 15) is 9.59 Å². The SMILES string of the molecule is COc1ncc2ccc3c(C(N)=O)nn(C4CCN(C(=O)O)CC4)c3c2n1. The number of piperidine rings is 1. The summed E-state index contributed by atoms with van der Waals surface area (Å²) >= 11 is 0. The maximum absolute atomic E-state index is 11.9. The summed E-state index contributed by atoms with van der Waals surface area (Å²) in [5, 5.41) is 15.0. The average molecular weight is 370 g/mol. The van der Waals surface area contributed by atoms with Crippen LogP contribution in [0, 0.1) is 0 Å². The Morgan fingerprint density at radius 3 is 2.67 bits per heavy atom. The van der Waals surface area contributed by atoms with Gasteiger partial charge in [0.1, 0.15) is 5.52 Å². The molecule has 3 N–H and O–H groups in total. The number of fused-ring (bicyclic) bond motifs is 3. The minimum absolute atomic E-state index is 0.0669. The molecule has 0 unspecified atom stereocenters. The lowest BCUT2D eigenvalue weighted by Gasteiger charge is -2.30. The van der Waals surface area contributed by atoms with Gasteiger partial charge in [-0.05, 0) is 18.9 Å². The van der Waals surface area contributed by atoms with Gasteiger partial charge in [0.05, 0.1) is 18.7 Å². The van der Waals surface area contributed by atoms with E-state index in [0.717, 1.165) is 5.39 Å². The molecule has 27 heavy (non-hydrogen) atoms. The monoisotopic (exact) mass is 370 g/mol. The maximum atomic E-state index is 11.9. The van der Waals surface area contributed by atoms with Gasteiger partial charge in [-0.15, -0.1) is 0 Å². The molecule has 1 aliphatic heterocycles. The van der Waals surface area contributed by atoms with E-state index in [4.69, 9.17) is 15.6 Å². The lowest BCUT2D eigenvalue weighted by molar-refractivity contribution is 0.0995. The number of nitrogens with zero attached hydrogens (tertiary/aromatic N) is 5. The summed E-state index contributed by atoms with van der Waals surface area (Å²) in [7, 11) is 1.48. The van der Waals surface area contributed by atoms with Crippen molar-refractivity contribution < 1.29 is 19.4 Å². The summed E-state index contributed by atoms with van der Waals surface area (Å²) in [6.07, 6.45) is 1.88. The summed E-state index contributed by atoms with van der Waals surface area (Å²) in [6.45, 7) is 0.798. The van der Waals surface area contributed by atoms with Crippen molar-refractivity contribution in [2.24, 2.45) is 5.73 Å². The quantitative estimate of drug-likeness (QED) is 0.711. The number of likely N-dealkylation sites (tertiary alicyclic amines) is 1. The number of amides is 2. The van der Waals surface area contributed by atoms with Crippen molar-refractivity contribution in [2.75, 3.05) is 20.2 Å². The fourth-order valence-electron chi connectivity index (χ4n) is 3.55. The van der Waals surface area contributed by atoms with Crippen LogP contribution in [0.3, 0.4) is 0 Å². The van der Waals surface area contributed by atoms with Crippen molar-refractivity contribution in [3.05, 3.63) is 24.0 Å². The number of carbonyl (C=O) groups is 2. The summed E-state index contributed by atoms with van der Waals surface area (Å²) in [6, 6.07) is 3.73. The van der Waals surface area contributed by atoms with Gasteiger partial charge in [-0.2, -0.15) is 10.1 Å². The van der Waals surface area contributed by atoms with Gasteiger partial charge in [-0.25, -0.2) is 9.78 Å². The number of carbonyl (C=O) groups excluding carboxylic acids is 1. The number of carboxylic acid groups (broad SMARTS) is 1. The molecule has 140 valence electrons. The van der Waals surface area contributed by atoms with Crippen molar-refractivity contribution in [3.63, 3.8) is 0 Å². The number of rotatable bonds is 3. The van der Waals surface area contributed by atoms with Crippen LogP contribution in [0.15, 0.2) is 18.3 Å². The molecule has 2 aromatic heterocycles. The Morgan fingerprint density at radius 2 is 2.04 bits per heavy atom. The smallest absolute Gasteiger partial charge is 0.407 e. The molecule has 0 bridgehead atoms. The van der Waals surface area contributed by atoms with Gasteiger partial charge in [0, 0.05) is 30.1 Å². The summed E-state index contributed by atoms with van der Waals surface area (Å²) in [5.74, 6) is -0.623. The van der Waals surface area contributed by atoms with Crippen molar-refractivity contribution >= 4 is 33.8 Å². The first kappa shape index (κ1) is 17.0. The second-order valence-corrected chi connectivity index (χ2v) is 6.41. The van der Waals surface area contributed by atoms with Gasteiger partial charge in [-0.3, -0.25) is 9.48 Å². The Kier molecular flexibility index (Phi) is 4.02. The van der Waals surface area contributed by atoms with E-state index in [1.54, 1.807) is 16.9 Å². The topological polar surface area (TPSA) is 136 Å². The minimum atomic E-state index is -0.931. The first-order valence-corrected chi connectivity index (χ1v) is 8.49. The van der Waals surface area contributed by atoms with E-state index in [1.807, 2.05) is 6.07 Å². The van der Waals surface area contributed by atoms with Gasteiger partial charge in [-0.1, -0.05) is 6.07 Å². The highest BCUT2D eigenvalue weighted by atomic mass is 16.5. The molecule has 0 spiro atoms. The highest BCUT2D eigenvalue weighted by Gasteiger charge is 2.28. The molecule has 0 aliphatic carbocycles. The molecular formula is C17H18N6O4. The highest BCUT2D eigenvalue weighted by Crippen LogP contribution is 2.32. The first-order chi connectivity index (χ1) is 13.0. The number of aromatic nitrogens is 4. The Morgan fingerprint density at radius 1 is 1.30 bits per heavy atom. The third kappa shape index (κ3) is 2.78. The Balaban J connectivity index is 1.90. The van der Waals surface area contributed by atoms with Crippen LogP contribution in [0.4, 0.5) is 4.79 Å². The maximum Gasteiger partial charge on any atom is 0.407 e. The van der Waals surface area contributed by atoms with E-state index in [1.165, 1.54) is 12.0 Å². The molecule has 1 fully saturated rings. The average Bonchev–Trinajstić information content (AvgIpc) is 3.08. The number of methoxy groups -OCH3 is 1. The summed E-state index contributed by atoms with van der Waals surface area (Å²) in [4.78, 5) is 33.0. The second kappa shape index (κ2) is 6.38. The third-order valence-electron chi connectivity index (χ3n) is 4.89. The van der Waals surface area contributed by atoms with E-state index >= 15 is 0 Å². The molecule has 4 rings (SSSR count). The van der Waals surface area contributed by atoms with Gasteiger partial charge in [0.15, 0.2) is 5.69 Å². The van der Waals surface area contributed by atoms with Crippen LogP contribution < -0.4 is 10.5 Å². The van der Waals surface area contributed by atoms with E-state index in [0.29, 0.717) is 42.4 Å². The van der Waals surface area contributed by atoms with Gasteiger partial charge in [0.25, 0.3) is 5.91 Å². The largest absolute Gasteiger partial charge is 0.467 e. The lowest BCUT2D eigenvalue weighted by atomic mass is 10.0. The molecule has 0 radical (unpaired) electrons. The van der Waals surface area contributed by atoms with Gasteiger partial charge < -0.3 is 20.5 Å². The highest BCUT2D eigenvalue weighted by molar-refractivity contribution is 6.11. The Hall–Kier alpha value is -3.43. The molecule has 2 amide bonds. The zero-order valence-electron chi connectivity index (χ0n) is 14.6. The lowest BCUT2D eigenvalue weighted by Crippen LogP contribution is -2.38. The zero-order chi connectivity index (χ0) is 19.1. The minimum Gasteiger partial charge on any atom is -0.467 e. The Bertz CT molecular complexity index is 1050. The van der Waals surface area contributed by atoms with Crippen molar-refractivity contribution in [2.45, 2.75) is 18.9 Å². The van der Waals surface area contributed by atoms with Gasteiger partial charge >= 0.3 is 12.1 Å². The van der Waals surface area contributed by atoms with Crippen LogP contribution >= 0.6 is 0 Å². The number of hydrogen-bond donors (Lipinski definition) is 2. The summed E-state index contributed by atoms with van der Waals surface area (Å²) < 4.78 is 6.89. The fraction of sp³-hybridized carbons (Fsp3) is 0.353. The van der Waals surface area contributed by atoms with Crippen LogP contribution in [0.1, 0.15) is 29.4 Å². The molecule has 0 saturated carbocycles. The first-order valence-electron chi connectivity index (χ1n) is 8.49. The van der Waals surface area contributed by atoms with Crippen LogP contribution in [-0.2, 0) is 0 Å². The zero-order valence-corrected chi connectivity index (χ0v) is 14.6. The predicted molar refractivity (Wildman–Crippen MR) is 95.8 cm³/mol. The molecule has 1 aromatic carbocycles. The molecular weight excluding hydrogens is 352 g/mol.